The maximum Gasteiger partial charge on any atom is 0.250 e. The van der Waals surface area contributed by atoms with Crippen molar-refractivity contribution in [3.05, 3.63) is 54.1 Å². The number of nitrogens with zero attached hydrogens (tertiary/aromatic N) is 1. The zero-order valence-electron chi connectivity index (χ0n) is 12.0. The van der Waals surface area contributed by atoms with Gasteiger partial charge in [-0.15, -0.1) is 0 Å². The molecule has 0 unspecified atom stereocenters. The van der Waals surface area contributed by atoms with Crippen LogP contribution in [0.4, 0.5) is 17.1 Å². The van der Waals surface area contributed by atoms with Crippen LogP contribution < -0.4 is 10.2 Å². The number of nitrogens with one attached hydrogen (secondary N) is 1. The van der Waals surface area contributed by atoms with E-state index in [-0.39, 0.29) is 12.5 Å². The molecular weight excluding hydrogens is 264 g/mol. The maximum absolute atomic E-state index is 11.5. The summed E-state index contributed by atoms with van der Waals surface area (Å²) in [6.07, 6.45) is 1.07. The molecule has 3 rings (SSSR count). The van der Waals surface area contributed by atoms with E-state index in [4.69, 9.17) is 4.74 Å². The number of anilines is 3. The minimum atomic E-state index is -0.142. The average Bonchev–Trinajstić information content (AvgIpc) is 2.92. The van der Waals surface area contributed by atoms with Gasteiger partial charge >= 0.3 is 0 Å². The largest absolute Gasteiger partial charge is 0.375 e. The van der Waals surface area contributed by atoms with Crippen LogP contribution in [0.25, 0.3) is 0 Å². The number of ether oxygens (including phenoxy) is 1. The molecule has 0 aliphatic carbocycles. The van der Waals surface area contributed by atoms with Crippen molar-refractivity contribution in [3.63, 3.8) is 0 Å². The topological polar surface area (TPSA) is 41.6 Å². The Labute approximate surface area is 124 Å². The van der Waals surface area contributed by atoms with Gasteiger partial charge in [0.1, 0.15) is 6.61 Å². The number of carbonyl (C=O) groups is 1. The standard InChI is InChI=1S/C17H18N2O2/c1-21-12-17(20)18-14-6-8-15(9-7-14)19-11-10-13-4-2-3-5-16(13)19/h2-9H,10-12H2,1H3,(H,18,20). The number of hydrogen-bond donors (Lipinski definition) is 1. The van der Waals surface area contributed by atoms with Crippen molar-refractivity contribution in [2.45, 2.75) is 6.42 Å². The number of para-hydroxylation sites is 1. The Hall–Kier alpha value is -2.33. The van der Waals surface area contributed by atoms with E-state index in [0.717, 1.165) is 24.3 Å². The maximum atomic E-state index is 11.5. The fraction of sp³-hybridized carbons (Fsp3) is 0.235. The number of rotatable bonds is 4. The van der Waals surface area contributed by atoms with E-state index in [2.05, 4.69) is 34.5 Å². The number of fused-ring (bicyclic) bond motifs is 1. The SMILES string of the molecule is COCC(=O)Nc1ccc(N2CCc3ccccc32)cc1. The zero-order chi connectivity index (χ0) is 14.7. The molecule has 4 heteroatoms. The van der Waals surface area contributed by atoms with Crippen LogP contribution in [-0.2, 0) is 16.0 Å². The van der Waals surface area contributed by atoms with Crippen LogP contribution >= 0.6 is 0 Å². The first-order valence-corrected chi connectivity index (χ1v) is 7.02. The lowest BCUT2D eigenvalue weighted by atomic mass is 10.2. The lowest BCUT2D eigenvalue weighted by Gasteiger charge is -2.20. The van der Waals surface area contributed by atoms with Gasteiger partial charge < -0.3 is 15.0 Å². The molecule has 1 aliphatic heterocycles. The summed E-state index contributed by atoms with van der Waals surface area (Å²) in [6.45, 7) is 1.07. The van der Waals surface area contributed by atoms with Gasteiger partial charge in [-0.25, -0.2) is 0 Å². The van der Waals surface area contributed by atoms with Gasteiger partial charge in [0.25, 0.3) is 0 Å². The van der Waals surface area contributed by atoms with Gasteiger partial charge in [0.15, 0.2) is 0 Å². The minimum absolute atomic E-state index is 0.0707. The van der Waals surface area contributed by atoms with Crippen molar-refractivity contribution < 1.29 is 9.53 Å². The van der Waals surface area contributed by atoms with E-state index in [9.17, 15) is 4.79 Å². The molecule has 4 nitrogen and oxygen atoms in total. The molecule has 2 aromatic rings. The molecule has 1 amide bonds. The molecule has 108 valence electrons. The smallest absolute Gasteiger partial charge is 0.250 e. The number of methoxy groups -OCH3 is 1. The monoisotopic (exact) mass is 282 g/mol. The van der Waals surface area contributed by atoms with Crippen molar-refractivity contribution in [1.29, 1.82) is 0 Å². The molecule has 1 aliphatic rings. The lowest BCUT2D eigenvalue weighted by Crippen LogP contribution is -2.17. The Morgan fingerprint density at radius 1 is 1.19 bits per heavy atom. The van der Waals surface area contributed by atoms with Gasteiger partial charge in [-0.1, -0.05) is 18.2 Å². The van der Waals surface area contributed by atoms with Crippen molar-refractivity contribution in [3.8, 4) is 0 Å². The highest BCUT2D eigenvalue weighted by molar-refractivity contribution is 5.91. The summed E-state index contributed by atoms with van der Waals surface area (Å²) < 4.78 is 4.80. The van der Waals surface area contributed by atoms with E-state index in [1.54, 1.807) is 0 Å². The van der Waals surface area contributed by atoms with Crippen molar-refractivity contribution in [1.82, 2.24) is 0 Å². The second-order valence-electron chi connectivity index (χ2n) is 5.06. The Kier molecular flexibility index (Phi) is 3.88. The molecule has 0 spiro atoms. The van der Waals surface area contributed by atoms with Gasteiger partial charge in [-0.05, 0) is 42.3 Å². The highest BCUT2D eigenvalue weighted by Gasteiger charge is 2.19. The first-order chi connectivity index (χ1) is 10.3. The first kappa shape index (κ1) is 13.6. The van der Waals surface area contributed by atoms with Crippen molar-refractivity contribution >= 4 is 23.0 Å². The normalized spacial score (nSPS) is 13.1. The van der Waals surface area contributed by atoms with Crippen LogP contribution in [0.15, 0.2) is 48.5 Å². The number of carbonyl (C=O) groups excluding carboxylic acids is 1. The molecule has 0 saturated carbocycles. The summed E-state index contributed by atoms with van der Waals surface area (Å²) in [5.74, 6) is -0.142. The van der Waals surface area contributed by atoms with Gasteiger partial charge in [0, 0.05) is 30.7 Å². The molecule has 1 heterocycles. The van der Waals surface area contributed by atoms with Gasteiger partial charge in [0.05, 0.1) is 0 Å². The second-order valence-corrected chi connectivity index (χ2v) is 5.06. The van der Waals surface area contributed by atoms with E-state index in [1.165, 1.54) is 18.4 Å². The summed E-state index contributed by atoms with van der Waals surface area (Å²) in [4.78, 5) is 13.8. The number of amides is 1. The van der Waals surface area contributed by atoms with Crippen LogP contribution in [0, 0.1) is 0 Å². The van der Waals surface area contributed by atoms with Crippen molar-refractivity contribution in [2.75, 3.05) is 30.5 Å². The van der Waals surface area contributed by atoms with Crippen LogP contribution in [0.3, 0.4) is 0 Å². The van der Waals surface area contributed by atoms with Crippen LogP contribution in [0.5, 0.6) is 0 Å². The van der Waals surface area contributed by atoms with E-state index in [0.29, 0.717) is 0 Å². The molecule has 0 fully saturated rings. The van der Waals surface area contributed by atoms with Gasteiger partial charge in [-0.3, -0.25) is 4.79 Å². The summed E-state index contributed by atoms with van der Waals surface area (Å²) >= 11 is 0. The minimum Gasteiger partial charge on any atom is -0.375 e. The van der Waals surface area contributed by atoms with E-state index >= 15 is 0 Å². The van der Waals surface area contributed by atoms with E-state index < -0.39 is 0 Å². The Morgan fingerprint density at radius 2 is 1.95 bits per heavy atom. The third-order valence-electron chi connectivity index (χ3n) is 3.63. The third-order valence-corrected chi connectivity index (χ3v) is 3.63. The quantitative estimate of drug-likeness (QED) is 0.937. The highest BCUT2D eigenvalue weighted by Crippen LogP contribution is 2.34. The van der Waals surface area contributed by atoms with Crippen LogP contribution in [0.2, 0.25) is 0 Å². The highest BCUT2D eigenvalue weighted by atomic mass is 16.5. The van der Waals surface area contributed by atoms with Crippen molar-refractivity contribution in [2.24, 2.45) is 0 Å². The zero-order valence-corrected chi connectivity index (χ0v) is 12.0. The van der Waals surface area contributed by atoms with Gasteiger partial charge in [0.2, 0.25) is 5.91 Å². The molecule has 0 atom stereocenters. The fourth-order valence-corrected chi connectivity index (χ4v) is 2.66. The molecule has 0 aromatic heterocycles. The van der Waals surface area contributed by atoms with Crippen LogP contribution in [0.1, 0.15) is 5.56 Å². The Bertz CT molecular complexity index is 637. The second kappa shape index (κ2) is 5.97. The molecule has 0 radical (unpaired) electrons. The Balaban J connectivity index is 1.75. The predicted octanol–water partition coefficient (Wildman–Crippen LogP) is 2.97. The molecule has 2 aromatic carbocycles. The molecule has 21 heavy (non-hydrogen) atoms. The summed E-state index contributed by atoms with van der Waals surface area (Å²) in [5.41, 5.74) is 4.58. The number of hydrogen-bond acceptors (Lipinski definition) is 3. The Morgan fingerprint density at radius 3 is 2.71 bits per heavy atom. The van der Waals surface area contributed by atoms with Gasteiger partial charge in [-0.2, -0.15) is 0 Å². The number of benzene rings is 2. The fourth-order valence-electron chi connectivity index (χ4n) is 2.66. The first-order valence-electron chi connectivity index (χ1n) is 7.02. The summed E-state index contributed by atoms with van der Waals surface area (Å²) in [6, 6.07) is 16.4. The lowest BCUT2D eigenvalue weighted by molar-refractivity contribution is -0.119. The molecule has 1 N–H and O–H groups in total. The van der Waals surface area contributed by atoms with E-state index in [1.807, 2.05) is 24.3 Å². The average molecular weight is 282 g/mol. The molecule has 0 bridgehead atoms. The summed E-state index contributed by atoms with van der Waals surface area (Å²) in [7, 11) is 1.51. The third kappa shape index (κ3) is 2.90. The summed E-state index contributed by atoms with van der Waals surface area (Å²) in [5, 5.41) is 2.80. The predicted molar refractivity (Wildman–Crippen MR) is 84.1 cm³/mol. The van der Waals surface area contributed by atoms with Crippen LogP contribution in [-0.4, -0.2) is 26.2 Å². The molecule has 0 saturated heterocycles. The molecular formula is C17H18N2O2.